The summed E-state index contributed by atoms with van der Waals surface area (Å²) in [6.45, 7) is 4.21. The molecular formula is C11H21ClN2O2. The van der Waals surface area contributed by atoms with Crippen molar-refractivity contribution in [2.45, 2.75) is 38.3 Å². The maximum Gasteiger partial charge on any atom is 0.234 e. The molecule has 1 aliphatic carbocycles. The molecule has 2 atom stereocenters. The van der Waals surface area contributed by atoms with Gasteiger partial charge < -0.3 is 15.4 Å². The molecular weight excluding hydrogens is 228 g/mol. The number of ether oxygens (including phenoxy) is 1. The largest absolute Gasteiger partial charge is 0.376 e. The van der Waals surface area contributed by atoms with E-state index in [4.69, 9.17) is 4.74 Å². The number of amides is 1. The minimum absolute atomic E-state index is 0. The number of hydrogen-bond acceptors (Lipinski definition) is 3. The molecule has 2 aliphatic rings. The quantitative estimate of drug-likeness (QED) is 0.753. The average molecular weight is 249 g/mol. The molecule has 2 fully saturated rings. The molecule has 0 aromatic heterocycles. The van der Waals surface area contributed by atoms with E-state index in [1.54, 1.807) is 0 Å². The molecule has 0 aromatic rings. The van der Waals surface area contributed by atoms with Crippen molar-refractivity contribution in [1.29, 1.82) is 0 Å². The second-order valence-electron chi connectivity index (χ2n) is 4.61. The molecule has 2 rings (SSSR count). The number of carbonyl (C=O) groups excluding carboxylic acids is 1. The molecule has 1 saturated heterocycles. The highest BCUT2D eigenvalue weighted by Crippen LogP contribution is 2.27. The zero-order valence-electron chi connectivity index (χ0n) is 9.70. The van der Waals surface area contributed by atoms with Crippen LogP contribution < -0.4 is 10.6 Å². The van der Waals surface area contributed by atoms with Gasteiger partial charge in [-0.25, -0.2) is 0 Å². The van der Waals surface area contributed by atoms with Crippen molar-refractivity contribution in [3.63, 3.8) is 0 Å². The third-order valence-corrected chi connectivity index (χ3v) is 3.14. The Morgan fingerprint density at radius 3 is 2.69 bits per heavy atom. The van der Waals surface area contributed by atoms with Crippen LogP contribution in [0.25, 0.3) is 0 Å². The van der Waals surface area contributed by atoms with Crippen LogP contribution in [0.4, 0.5) is 0 Å². The van der Waals surface area contributed by atoms with Crippen LogP contribution in [-0.2, 0) is 9.53 Å². The first-order chi connectivity index (χ1) is 7.25. The van der Waals surface area contributed by atoms with Crippen LogP contribution in [0.2, 0.25) is 0 Å². The molecule has 0 aromatic carbocycles. The van der Waals surface area contributed by atoms with Crippen molar-refractivity contribution in [2.24, 2.45) is 5.92 Å². The highest BCUT2D eigenvalue weighted by atomic mass is 35.5. The summed E-state index contributed by atoms with van der Waals surface area (Å²) < 4.78 is 5.38. The van der Waals surface area contributed by atoms with Gasteiger partial charge >= 0.3 is 0 Å². The fraction of sp³-hybridized carbons (Fsp3) is 0.909. The lowest BCUT2D eigenvalue weighted by molar-refractivity contribution is -0.121. The van der Waals surface area contributed by atoms with Crippen molar-refractivity contribution in [2.75, 3.05) is 19.7 Å². The third kappa shape index (κ3) is 4.28. The molecule has 1 saturated carbocycles. The van der Waals surface area contributed by atoms with Crippen LogP contribution in [0.1, 0.15) is 26.2 Å². The molecule has 4 nitrogen and oxygen atoms in total. The van der Waals surface area contributed by atoms with Gasteiger partial charge in [-0.2, -0.15) is 0 Å². The Bertz CT molecular complexity index is 234. The van der Waals surface area contributed by atoms with Crippen molar-refractivity contribution >= 4 is 18.3 Å². The van der Waals surface area contributed by atoms with Crippen molar-refractivity contribution in [3.05, 3.63) is 0 Å². The normalized spacial score (nSPS) is 28.6. The van der Waals surface area contributed by atoms with Crippen LogP contribution in [-0.4, -0.2) is 37.7 Å². The van der Waals surface area contributed by atoms with E-state index >= 15 is 0 Å². The lowest BCUT2D eigenvalue weighted by Crippen LogP contribution is -2.43. The lowest BCUT2D eigenvalue weighted by Gasteiger charge is -2.16. The Balaban J connectivity index is 0.00000128. The van der Waals surface area contributed by atoms with Crippen LogP contribution in [0.3, 0.4) is 0 Å². The van der Waals surface area contributed by atoms with Gasteiger partial charge in [-0.1, -0.05) is 0 Å². The van der Waals surface area contributed by atoms with Gasteiger partial charge in [-0.3, -0.25) is 4.79 Å². The fourth-order valence-corrected chi connectivity index (χ4v) is 1.89. The minimum Gasteiger partial charge on any atom is -0.376 e. The summed E-state index contributed by atoms with van der Waals surface area (Å²) in [6.07, 6.45) is 3.75. The number of hydrogen-bond donors (Lipinski definition) is 2. The highest BCUT2D eigenvalue weighted by molar-refractivity contribution is 5.85. The maximum absolute atomic E-state index is 11.5. The SMILES string of the molecule is CC1OCCC1NC(=O)CNCC1CC1.Cl. The van der Waals surface area contributed by atoms with E-state index < -0.39 is 0 Å². The van der Waals surface area contributed by atoms with Gasteiger partial charge in [0.15, 0.2) is 0 Å². The molecule has 0 bridgehead atoms. The van der Waals surface area contributed by atoms with Crippen LogP contribution >= 0.6 is 12.4 Å². The van der Waals surface area contributed by atoms with E-state index in [0.29, 0.717) is 6.54 Å². The molecule has 5 heteroatoms. The second kappa shape index (κ2) is 6.42. The monoisotopic (exact) mass is 248 g/mol. The predicted molar refractivity (Wildman–Crippen MR) is 64.8 cm³/mol. The maximum atomic E-state index is 11.5. The predicted octanol–water partition coefficient (Wildman–Crippen LogP) is 0.701. The topological polar surface area (TPSA) is 50.4 Å². The smallest absolute Gasteiger partial charge is 0.234 e. The van der Waals surface area contributed by atoms with Crippen LogP contribution in [0, 0.1) is 5.92 Å². The minimum atomic E-state index is 0. The van der Waals surface area contributed by atoms with Crippen molar-refractivity contribution in [3.8, 4) is 0 Å². The van der Waals surface area contributed by atoms with Crippen molar-refractivity contribution in [1.82, 2.24) is 10.6 Å². The molecule has 2 unspecified atom stereocenters. The van der Waals surface area contributed by atoms with E-state index in [9.17, 15) is 4.79 Å². The number of nitrogens with one attached hydrogen (secondary N) is 2. The molecule has 0 spiro atoms. The van der Waals surface area contributed by atoms with Gasteiger partial charge in [0.25, 0.3) is 0 Å². The molecule has 0 radical (unpaired) electrons. The number of halogens is 1. The molecule has 16 heavy (non-hydrogen) atoms. The summed E-state index contributed by atoms with van der Waals surface area (Å²) in [5, 5.41) is 6.18. The van der Waals surface area contributed by atoms with E-state index in [1.165, 1.54) is 12.8 Å². The molecule has 94 valence electrons. The zero-order valence-corrected chi connectivity index (χ0v) is 10.5. The molecule has 1 amide bonds. The van der Waals surface area contributed by atoms with E-state index in [1.807, 2.05) is 6.92 Å². The standard InChI is InChI=1S/C11H20N2O2.ClH/c1-8-10(4-5-15-8)13-11(14)7-12-6-9-2-3-9;/h8-10,12H,2-7H2,1H3,(H,13,14);1H. The summed E-state index contributed by atoms with van der Waals surface area (Å²) in [5.74, 6) is 0.921. The number of carbonyl (C=O) groups is 1. The first kappa shape index (κ1) is 13.7. The van der Waals surface area contributed by atoms with Gasteiger partial charge in [0.1, 0.15) is 0 Å². The summed E-state index contributed by atoms with van der Waals surface area (Å²) in [5.41, 5.74) is 0. The summed E-state index contributed by atoms with van der Waals surface area (Å²) in [6, 6.07) is 0.209. The molecule has 2 N–H and O–H groups in total. The van der Waals surface area contributed by atoms with Crippen LogP contribution in [0.15, 0.2) is 0 Å². The van der Waals surface area contributed by atoms with Gasteiger partial charge in [0, 0.05) is 6.61 Å². The second-order valence-corrected chi connectivity index (χ2v) is 4.61. The Labute approximate surface area is 103 Å². The molecule has 1 heterocycles. The average Bonchev–Trinajstić information content (AvgIpc) is 2.93. The highest BCUT2D eigenvalue weighted by Gasteiger charge is 2.25. The number of rotatable bonds is 5. The van der Waals surface area contributed by atoms with Gasteiger partial charge in [-0.05, 0) is 38.6 Å². The van der Waals surface area contributed by atoms with Crippen molar-refractivity contribution < 1.29 is 9.53 Å². The lowest BCUT2D eigenvalue weighted by atomic mass is 10.1. The van der Waals surface area contributed by atoms with E-state index in [-0.39, 0.29) is 30.5 Å². The van der Waals surface area contributed by atoms with Gasteiger partial charge in [0.05, 0.1) is 18.7 Å². The Morgan fingerprint density at radius 2 is 2.12 bits per heavy atom. The Hall–Kier alpha value is -0.320. The first-order valence-corrected chi connectivity index (χ1v) is 5.87. The summed E-state index contributed by atoms with van der Waals surface area (Å²) in [7, 11) is 0. The van der Waals surface area contributed by atoms with E-state index in [0.717, 1.165) is 25.5 Å². The molecule has 1 aliphatic heterocycles. The first-order valence-electron chi connectivity index (χ1n) is 5.87. The fourth-order valence-electron chi connectivity index (χ4n) is 1.89. The summed E-state index contributed by atoms with van der Waals surface area (Å²) >= 11 is 0. The van der Waals surface area contributed by atoms with Gasteiger partial charge in [-0.15, -0.1) is 12.4 Å². The summed E-state index contributed by atoms with van der Waals surface area (Å²) in [4.78, 5) is 11.5. The third-order valence-electron chi connectivity index (χ3n) is 3.14. The van der Waals surface area contributed by atoms with Gasteiger partial charge in [0.2, 0.25) is 5.91 Å². The Kier molecular flexibility index (Phi) is 5.52. The Morgan fingerprint density at radius 1 is 1.38 bits per heavy atom. The van der Waals surface area contributed by atoms with Crippen LogP contribution in [0.5, 0.6) is 0 Å². The zero-order chi connectivity index (χ0) is 10.7. The van der Waals surface area contributed by atoms with E-state index in [2.05, 4.69) is 10.6 Å².